The summed E-state index contributed by atoms with van der Waals surface area (Å²) >= 11 is 0. The van der Waals surface area contributed by atoms with E-state index in [-0.39, 0.29) is 0 Å². The molecule has 0 fully saturated rings. The number of hydrogen-bond donors (Lipinski definition) is 1. The van der Waals surface area contributed by atoms with Gasteiger partial charge in [0, 0.05) is 6.42 Å². The van der Waals surface area contributed by atoms with Crippen molar-refractivity contribution in [1.82, 2.24) is 0 Å². The van der Waals surface area contributed by atoms with Crippen molar-refractivity contribution in [3.63, 3.8) is 0 Å². The van der Waals surface area contributed by atoms with E-state index in [4.69, 9.17) is 4.42 Å². The van der Waals surface area contributed by atoms with Gasteiger partial charge in [0.15, 0.2) is 0 Å². The minimum atomic E-state index is 0.585. The Hall–Kier alpha value is -0.760. The van der Waals surface area contributed by atoms with Gasteiger partial charge in [-0.3, -0.25) is 0 Å². The molecule has 0 unspecified atom stereocenters. The SMILES string of the molecule is C[C@H]([NH3+])CCCCc1ccco1. The van der Waals surface area contributed by atoms with Crippen LogP contribution in [0.2, 0.25) is 0 Å². The van der Waals surface area contributed by atoms with E-state index in [0.29, 0.717) is 6.04 Å². The summed E-state index contributed by atoms with van der Waals surface area (Å²) in [4.78, 5) is 0. The fraction of sp³-hybridized carbons (Fsp3) is 0.600. The van der Waals surface area contributed by atoms with Crippen LogP contribution in [-0.2, 0) is 6.42 Å². The highest BCUT2D eigenvalue weighted by Gasteiger charge is 1.98. The number of unbranched alkanes of at least 4 members (excludes halogenated alkanes) is 1. The third-order valence-corrected chi connectivity index (χ3v) is 1.95. The van der Waals surface area contributed by atoms with Gasteiger partial charge in [-0.1, -0.05) is 0 Å². The van der Waals surface area contributed by atoms with Crippen LogP contribution in [0.25, 0.3) is 0 Å². The molecular formula is C10H18NO+. The van der Waals surface area contributed by atoms with Crippen LogP contribution in [-0.4, -0.2) is 6.04 Å². The molecule has 0 aliphatic carbocycles. The number of quaternary nitrogens is 1. The first kappa shape index (κ1) is 9.33. The Morgan fingerprint density at radius 3 is 2.92 bits per heavy atom. The topological polar surface area (TPSA) is 40.8 Å². The fourth-order valence-corrected chi connectivity index (χ4v) is 1.25. The average molecular weight is 168 g/mol. The molecule has 0 amide bonds. The third kappa shape index (κ3) is 3.58. The molecule has 2 heteroatoms. The van der Waals surface area contributed by atoms with Gasteiger partial charge in [0.05, 0.1) is 12.3 Å². The monoisotopic (exact) mass is 168 g/mol. The number of furan rings is 1. The lowest BCUT2D eigenvalue weighted by molar-refractivity contribution is -0.415. The summed E-state index contributed by atoms with van der Waals surface area (Å²) in [6.07, 6.45) is 6.50. The molecular weight excluding hydrogens is 150 g/mol. The Morgan fingerprint density at radius 1 is 1.50 bits per heavy atom. The van der Waals surface area contributed by atoms with Crippen molar-refractivity contribution in [3.8, 4) is 0 Å². The van der Waals surface area contributed by atoms with Crippen LogP contribution < -0.4 is 5.73 Å². The second-order valence-electron chi connectivity index (χ2n) is 3.43. The van der Waals surface area contributed by atoms with E-state index in [9.17, 15) is 0 Å². The summed E-state index contributed by atoms with van der Waals surface area (Å²) in [7, 11) is 0. The van der Waals surface area contributed by atoms with Crippen LogP contribution in [0.4, 0.5) is 0 Å². The third-order valence-electron chi connectivity index (χ3n) is 1.95. The zero-order valence-corrected chi connectivity index (χ0v) is 7.75. The van der Waals surface area contributed by atoms with Crippen LogP contribution in [0, 0.1) is 0 Å². The maximum absolute atomic E-state index is 5.22. The molecule has 0 radical (unpaired) electrons. The molecule has 0 aromatic carbocycles. The summed E-state index contributed by atoms with van der Waals surface area (Å²) in [5, 5.41) is 0. The highest BCUT2D eigenvalue weighted by atomic mass is 16.3. The van der Waals surface area contributed by atoms with E-state index >= 15 is 0 Å². The van der Waals surface area contributed by atoms with Crippen molar-refractivity contribution < 1.29 is 10.2 Å². The molecule has 3 N–H and O–H groups in total. The zero-order valence-electron chi connectivity index (χ0n) is 7.75. The van der Waals surface area contributed by atoms with Gasteiger partial charge in [0.1, 0.15) is 5.76 Å². The largest absolute Gasteiger partial charge is 0.469 e. The quantitative estimate of drug-likeness (QED) is 0.667. The van der Waals surface area contributed by atoms with Crippen LogP contribution in [0.5, 0.6) is 0 Å². The van der Waals surface area contributed by atoms with Crippen LogP contribution in [0.1, 0.15) is 31.9 Å². The first-order valence-corrected chi connectivity index (χ1v) is 4.64. The van der Waals surface area contributed by atoms with Gasteiger partial charge >= 0.3 is 0 Å². The van der Waals surface area contributed by atoms with Crippen molar-refractivity contribution in [1.29, 1.82) is 0 Å². The van der Waals surface area contributed by atoms with Crippen molar-refractivity contribution in [2.45, 2.75) is 38.6 Å². The predicted octanol–water partition coefficient (Wildman–Crippen LogP) is 1.62. The van der Waals surface area contributed by atoms with Gasteiger partial charge in [-0.25, -0.2) is 0 Å². The lowest BCUT2D eigenvalue weighted by Crippen LogP contribution is -2.58. The lowest BCUT2D eigenvalue weighted by atomic mass is 10.1. The Morgan fingerprint density at radius 2 is 2.33 bits per heavy atom. The van der Waals surface area contributed by atoms with Crippen molar-refractivity contribution >= 4 is 0 Å². The smallest absolute Gasteiger partial charge is 0.103 e. The molecule has 1 rings (SSSR count). The van der Waals surface area contributed by atoms with E-state index in [1.165, 1.54) is 19.3 Å². The highest BCUT2D eigenvalue weighted by molar-refractivity contribution is 4.97. The van der Waals surface area contributed by atoms with E-state index < -0.39 is 0 Å². The van der Waals surface area contributed by atoms with E-state index in [1.54, 1.807) is 6.26 Å². The molecule has 2 nitrogen and oxygen atoms in total. The van der Waals surface area contributed by atoms with Crippen molar-refractivity contribution in [2.24, 2.45) is 0 Å². The standard InChI is InChI=1S/C10H17NO/c1-9(11)5-2-3-6-10-7-4-8-12-10/h4,7-9H,2-3,5-6,11H2,1H3/p+1/t9-/m0/s1. The number of hydrogen-bond acceptors (Lipinski definition) is 1. The zero-order chi connectivity index (χ0) is 8.81. The molecule has 1 aromatic heterocycles. The summed E-state index contributed by atoms with van der Waals surface area (Å²) in [5.41, 5.74) is 3.95. The van der Waals surface area contributed by atoms with Crippen molar-refractivity contribution in [2.75, 3.05) is 0 Å². The van der Waals surface area contributed by atoms with Crippen LogP contribution >= 0.6 is 0 Å². The Balaban J connectivity index is 2.04. The average Bonchev–Trinajstić information content (AvgIpc) is 2.49. The molecule has 0 saturated carbocycles. The summed E-state index contributed by atoms with van der Waals surface area (Å²) in [6.45, 7) is 2.16. The maximum Gasteiger partial charge on any atom is 0.103 e. The van der Waals surface area contributed by atoms with E-state index in [0.717, 1.165) is 12.2 Å². The van der Waals surface area contributed by atoms with E-state index in [2.05, 4.69) is 12.7 Å². The van der Waals surface area contributed by atoms with E-state index in [1.807, 2.05) is 12.1 Å². The normalized spacial score (nSPS) is 13.2. The second kappa shape index (κ2) is 4.99. The number of aryl methyl sites for hydroxylation is 1. The molecule has 0 saturated heterocycles. The van der Waals surface area contributed by atoms with Gasteiger partial charge in [-0.05, 0) is 38.3 Å². The van der Waals surface area contributed by atoms with Gasteiger partial charge in [0.2, 0.25) is 0 Å². The van der Waals surface area contributed by atoms with Crippen molar-refractivity contribution in [3.05, 3.63) is 24.2 Å². The van der Waals surface area contributed by atoms with Crippen LogP contribution in [0.15, 0.2) is 22.8 Å². The Kier molecular flexibility index (Phi) is 3.88. The Labute approximate surface area is 73.8 Å². The number of rotatable bonds is 5. The molecule has 0 bridgehead atoms. The fourth-order valence-electron chi connectivity index (χ4n) is 1.25. The molecule has 68 valence electrons. The first-order chi connectivity index (χ1) is 5.79. The minimum Gasteiger partial charge on any atom is -0.469 e. The lowest BCUT2D eigenvalue weighted by Gasteiger charge is -2.00. The van der Waals surface area contributed by atoms with Gasteiger partial charge < -0.3 is 10.2 Å². The van der Waals surface area contributed by atoms with Crippen LogP contribution in [0.3, 0.4) is 0 Å². The minimum absolute atomic E-state index is 0.585. The molecule has 0 spiro atoms. The molecule has 1 aromatic rings. The molecule has 1 heterocycles. The predicted molar refractivity (Wildman–Crippen MR) is 48.6 cm³/mol. The summed E-state index contributed by atoms with van der Waals surface area (Å²) in [5.74, 6) is 1.10. The second-order valence-corrected chi connectivity index (χ2v) is 3.43. The highest BCUT2D eigenvalue weighted by Crippen LogP contribution is 2.07. The van der Waals surface area contributed by atoms with Gasteiger partial charge in [0.25, 0.3) is 0 Å². The molecule has 1 atom stereocenters. The maximum atomic E-state index is 5.22. The molecule has 0 aliphatic rings. The molecule has 0 aliphatic heterocycles. The summed E-state index contributed by atoms with van der Waals surface area (Å²) < 4.78 is 5.22. The van der Waals surface area contributed by atoms with Gasteiger partial charge in [-0.15, -0.1) is 0 Å². The first-order valence-electron chi connectivity index (χ1n) is 4.64. The molecule has 12 heavy (non-hydrogen) atoms. The Bertz CT molecular complexity index is 192. The van der Waals surface area contributed by atoms with Gasteiger partial charge in [-0.2, -0.15) is 0 Å². The summed E-state index contributed by atoms with van der Waals surface area (Å²) in [6, 6.07) is 4.56.